The van der Waals surface area contributed by atoms with E-state index in [1.54, 1.807) is 16.8 Å². The minimum absolute atomic E-state index is 0.130. The second-order valence-corrected chi connectivity index (χ2v) is 5.37. The zero-order valence-corrected chi connectivity index (χ0v) is 10.7. The van der Waals surface area contributed by atoms with Crippen LogP contribution in [0.5, 0.6) is 0 Å². The van der Waals surface area contributed by atoms with Crippen LogP contribution in [0.4, 0.5) is 0 Å². The Kier molecular flexibility index (Phi) is 3.59. The van der Waals surface area contributed by atoms with Crippen molar-refractivity contribution in [2.75, 3.05) is 6.54 Å². The fraction of sp³-hybridized carbons (Fsp3) is 0.667. The fourth-order valence-corrected chi connectivity index (χ4v) is 2.91. The molecular formula is C12H18N2OS. The van der Waals surface area contributed by atoms with Crippen LogP contribution < -0.4 is 0 Å². The molecule has 0 saturated carbocycles. The number of hydrogen-bond donors (Lipinski definition) is 0. The summed E-state index contributed by atoms with van der Waals surface area (Å²) in [5.41, 5.74) is 2.42. The number of thiazole rings is 1. The summed E-state index contributed by atoms with van der Waals surface area (Å²) in [7, 11) is 0. The van der Waals surface area contributed by atoms with Crippen LogP contribution in [-0.4, -0.2) is 28.4 Å². The van der Waals surface area contributed by atoms with E-state index in [1.165, 1.54) is 6.42 Å². The molecule has 0 radical (unpaired) electrons. The molecule has 16 heavy (non-hydrogen) atoms. The highest BCUT2D eigenvalue weighted by atomic mass is 32.1. The molecule has 1 amide bonds. The average molecular weight is 238 g/mol. The van der Waals surface area contributed by atoms with Gasteiger partial charge in [-0.1, -0.05) is 6.92 Å². The van der Waals surface area contributed by atoms with Gasteiger partial charge in [0.05, 0.1) is 5.51 Å². The summed E-state index contributed by atoms with van der Waals surface area (Å²) >= 11 is 1.55. The van der Waals surface area contributed by atoms with Crippen molar-refractivity contribution in [2.24, 2.45) is 0 Å². The third kappa shape index (κ3) is 2.12. The molecule has 1 aliphatic rings. The molecule has 1 aromatic rings. The van der Waals surface area contributed by atoms with Crippen LogP contribution in [-0.2, 0) is 0 Å². The van der Waals surface area contributed by atoms with Gasteiger partial charge in [-0.15, -0.1) is 11.3 Å². The minimum atomic E-state index is 0.130. The number of aromatic nitrogens is 1. The number of nitrogens with zero attached hydrogens (tertiary/aromatic N) is 2. The molecule has 88 valence electrons. The van der Waals surface area contributed by atoms with Crippen molar-refractivity contribution in [2.45, 2.75) is 45.6 Å². The molecule has 1 fully saturated rings. The first kappa shape index (κ1) is 11.6. The van der Waals surface area contributed by atoms with Crippen molar-refractivity contribution in [1.82, 2.24) is 9.88 Å². The maximum Gasteiger partial charge on any atom is 0.273 e. The van der Waals surface area contributed by atoms with Crippen molar-refractivity contribution < 1.29 is 4.79 Å². The Bertz CT molecular complexity index is 375. The smallest absolute Gasteiger partial charge is 0.273 e. The molecule has 3 nitrogen and oxygen atoms in total. The second kappa shape index (κ2) is 4.95. The molecule has 0 spiro atoms. The average Bonchev–Trinajstić information content (AvgIpc) is 2.74. The number of rotatable bonds is 2. The number of likely N-dealkylation sites (tertiary alicyclic amines) is 1. The lowest BCUT2D eigenvalue weighted by atomic mass is 9.99. The number of hydrogen-bond acceptors (Lipinski definition) is 3. The van der Waals surface area contributed by atoms with Gasteiger partial charge in [0.25, 0.3) is 5.91 Å². The predicted octanol–water partition coefficient (Wildman–Crippen LogP) is 2.86. The van der Waals surface area contributed by atoms with Crippen molar-refractivity contribution >= 4 is 17.2 Å². The number of carbonyl (C=O) groups is 1. The Morgan fingerprint density at radius 3 is 3.06 bits per heavy atom. The van der Waals surface area contributed by atoms with E-state index in [9.17, 15) is 4.79 Å². The van der Waals surface area contributed by atoms with Gasteiger partial charge in [0.1, 0.15) is 5.69 Å². The van der Waals surface area contributed by atoms with E-state index in [-0.39, 0.29) is 5.91 Å². The third-order valence-corrected chi connectivity index (χ3v) is 4.06. The highest BCUT2D eigenvalue weighted by Gasteiger charge is 2.27. The molecule has 2 heterocycles. The molecular weight excluding hydrogens is 220 g/mol. The van der Waals surface area contributed by atoms with Gasteiger partial charge in [-0.25, -0.2) is 4.98 Å². The monoisotopic (exact) mass is 238 g/mol. The quantitative estimate of drug-likeness (QED) is 0.793. The van der Waals surface area contributed by atoms with Crippen LogP contribution in [0.2, 0.25) is 0 Å². The summed E-state index contributed by atoms with van der Waals surface area (Å²) in [6, 6.07) is 0.419. The molecule has 0 aliphatic carbocycles. The standard InChI is InChI=1S/C12H18N2OS/c1-3-10-6-4-5-7-14(10)12(15)11-9(2)16-8-13-11/h8,10H,3-7H2,1-2H3. The first-order valence-electron chi connectivity index (χ1n) is 5.95. The maximum absolute atomic E-state index is 12.3. The summed E-state index contributed by atoms with van der Waals surface area (Å²) in [6.07, 6.45) is 4.57. The summed E-state index contributed by atoms with van der Waals surface area (Å²) in [4.78, 5) is 19.6. The molecule has 1 aliphatic heterocycles. The normalized spacial score (nSPS) is 21.1. The van der Waals surface area contributed by atoms with E-state index in [4.69, 9.17) is 0 Å². The van der Waals surface area contributed by atoms with Crippen LogP contribution >= 0.6 is 11.3 Å². The highest BCUT2D eigenvalue weighted by Crippen LogP contribution is 2.23. The Labute approximate surface area is 100 Å². The summed E-state index contributed by atoms with van der Waals surface area (Å²) in [5.74, 6) is 0.130. The van der Waals surface area contributed by atoms with Gasteiger partial charge < -0.3 is 4.90 Å². The van der Waals surface area contributed by atoms with Crippen LogP contribution in [0.15, 0.2) is 5.51 Å². The number of amides is 1. The van der Waals surface area contributed by atoms with Gasteiger partial charge >= 0.3 is 0 Å². The predicted molar refractivity (Wildman–Crippen MR) is 65.8 cm³/mol. The van der Waals surface area contributed by atoms with Gasteiger partial charge in [0, 0.05) is 17.5 Å². The summed E-state index contributed by atoms with van der Waals surface area (Å²) in [6.45, 7) is 5.02. The van der Waals surface area contributed by atoms with Gasteiger partial charge in [-0.05, 0) is 32.6 Å². The first-order valence-corrected chi connectivity index (χ1v) is 6.83. The third-order valence-electron chi connectivity index (χ3n) is 3.31. The van der Waals surface area contributed by atoms with Gasteiger partial charge in [0.2, 0.25) is 0 Å². The molecule has 1 saturated heterocycles. The SMILES string of the molecule is CCC1CCCCN1C(=O)c1ncsc1C. The zero-order chi connectivity index (χ0) is 11.5. The lowest BCUT2D eigenvalue weighted by Gasteiger charge is -2.34. The molecule has 0 bridgehead atoms. The summed E-state index contributed by atoms with van der Waals surface area (Å²) in [5, 5.41) is 0. The molecule has 0 aromatic carbocycles. The van der Waals surface area contributed by atoms with E-state index in [1.807, 2.05) is 11.8 Å². The van der Waals surface area contributed by atoms with E-state index in [0.29, 0.717) is 11.7 Å². The van der Waals surface area contributed by atoms with Gasteiger partial charge in [0.15, 0.2) is 0 Å². The number of carbonyl (C=O) groups excluding carboxylic acids is 1. The van der Waals surface area contributed by atoms with E-state index in [2.05, 4.69) is 11.9 Å². The number of piperidine rings is 1. The van der Waals surface area contributed by atoms with E-state index in [0.717, 1.165) is 30.7 Å². The van der Waals surface area contributed by atoms with Crippen LogP contribution in [0.3, 0.4) is 0 Å². The number of aryl methyl sites for hydroxylation is 1. The van der Waals surface area contributed by atoms with E-state index >= 15 is 0 Å². The van der Waals surface area contributed by atoms with Crippen molar-refractivity contribution in [3.05, 3.63) is 16.1 Å². The Morgan fingerprint density at radius 2 is 2.44 bits per heavy atom. The van der Waals surface area contributed by atoms with Gasteiger partial charge in [-0.2, -0.15) is 0 Å². The van der Waals surface area contributed by atoms with Crippen LogP contribution in [0, 0.1) is 6.92 Å². The second-order valence-electron chi connectivity index (χ2n) is 4.31. The highest BCUT2D eigenvalue weighted by molar-refractivity contribution is 7.09. The van der Waals surface area contributed by atoms with Crippen molar-refractivity contribution in [3.63, 3.8) is 0 Å². The molecule has 2 rings (SSSR count). The van der Waals surface area contributed by atoms with Crippen LogP contribution in [0.1, 0.15) is 48.0 Å². The lowest BCUT2D eigenvalue weighted by molar-refractivity contribution is 0.0602. The van der Waals surface area contributed by atoms with E-state index < -0.39 is 0 Å². The lowest BCUT2D eigenvalue weighted by Crippen LogP contribution is -2.43. The fourth-order valence-electron chi connectivity index (χ4n) is 2.34. The molecule has 1 aromatic heterocycles. The Balaban J connectivity index is 2.17. The maximum atomic E-state index is 12.3. The molecule has 0 N–H and O–H groups in total. The van der Waals surface area contributed by atoms with Crippen molar-refractivity contribution in [1.29, 1.82) is 0 Å². The molecule has 1 atom stereocenters. The Hall–Kier alpha value is -0.900. The topological polar surface area (TPSA) is 33.2 Å². The largest absolute Gasteiger partial charge is 0.334 e. The zero-order valence-electron chi connectivity index (χ0n) is 9.90. The molecule has 1 unspecified atom stereocenters. The van der Waals surface area contributed by atoms with Gasteiger partial charge in [-0.3, -0.25) is 4.79 Å². The first-order chi connectivity index (χ1) is 7.74. The summed E-state index contributed by atoms with van der Waals surface area (Å²) < 4.78 is 0. The minimum Gasteiger partial charge on any atom is -0.334 e. The van der Waals surface area contributed by atoms with Crippen molar-refractivity contribution in [3.8, 4) is 0 Å². The van der Waals surface area contributed by atoms with Crippen LogP contribution in [0.25, 0.3) is 0 Å². The Morgan fingerprint density at radius 1 is 1.62 bits per heavy atom. The molecule has 4 heteroatoms.